The summed E-state index contributed by atoms with van der Waals surface area (Å²) in [6.45, 7) is 12.2. The van der Waals surface area contributed by atoms with E-state index in [1.165, 1.54) is 18.4 Å². The predicted molar refractivity (Wildman–Crippen MR) is 209 cm³/mol. The maximum Gasteiger partial charge on any atom is 0.327 e. The predicted octanol–water partition coefficient (Wildman–Crippen LogP) is 4.11. The van der Waals surface area contributed by atoms with Gasteiger partial charge in [0, 0.05) is 25.8 Å². The van der Waals surface area contributed by atoms with E-state index >= 15 is 0 Å². The quantitative estimate of drug-likeness (QED) is 0.204. The summed E-state index contributed by atoms with van der Waals surface area (Å²) in [5.41, 5.74) is 1.83. The van der Waals surface area contributed by atoms with E-state index < -0.39 is 71.3 Å². The summed E-state index contributed by atoms with van der Waals surface area (Å²) in [6.07, 6.45) is 5.79. The van der Waals surface area contributed by atoms with Crippen LogP contribution in [0.2, 0.25) is 0 Å². The summed E-state index contributed by atoms with van der Waals surface area (Å²) in [5.74, 6) is -0.630. The van der Waals surface area contributed by atoms with Crippen LogP contribution in [-0.2, 0) is 54.2 Å². The van der Waals surface area contributed by atoms with Crippen LogP contribution in [-0.4, -0.2) is 108 Å². The largest absolute Gasteiger partial charge is 0.460 e. The van der Waals surface area contributed by atoms with E-state index in [1.807, 2.05) is 12.1 Å². The number of hydrogen-bond acceptors (Lipinski definition) is 12. The molecule has 4 saturated heterocycles. The average Bonchev–Trinajstić information content (AvgIpc) is 3.44. The minimum atomic E-state index is -1.35. The number of allylic oxidation sites excluding steroid dienone is 1. The molecule has 7 fully saturated rings. The minimum absolute atomic E-state index is 0.00636. The van der Waals surface area contributed by atoms with E-state index in [1.54, 1.807) is 25.8 Å². The third-order valence-corrected chi connectivity index (χ3v) is 13.9. The van der Waals surface area contributed by atoms with Gasteiger partial charge in [0.2, 0.25) is 11.8 Å². The fraction of sp³-hybridized carbons (Fsp3) is 0.727. The summed E-state index contributed by atoms with van der Waals surface area (Å²) in [4.78, 5) is 60.0. The number of esters is 2. The summed E-state index contributed by atoms with van der Waals surface area (Å²) in [5, 5.41) is 17.1. The van der Waals surface area contributed by atoms with E-state index in [2.05, 4.69) is 49.6 Å². The Morgan fingerprint density at radius 1 is 1.09 bits per heavy atom. The molecule has 0 aromatic heterocycles. The number of fused-ring (bicyclic) bond motifs is 6. The van der Waals surface area contributed by atoms with Crippen LogP contribution in [0.25, 0.3) is 6.08 Å². The topological polar surface area (TPSA) is 174 Å². The number of epoxide rings is 1. The molecule has 7 aliphatic rings. The Kier molecular flexibility index (Phi) is 11.1. The molecule has 1 aromatic rings. The van der Waals surface area contributed by atoms with Crippen molar-refractivity contribution in [2.45, 2.75) is 160 Å². The smallest absolute Gasteiger partial charge is 0.327 e. The zero-order valence-electron chi connectivity index (χ0n) is 34.8. The van der Waals surface area contributed by atoms with Crippen molar-refractivity contribution in [1.82, 2.24) is 15.7 Å². The van der Waals surface area contributed by atoms with E-state index in [0.29, 0.717) is 23.4 Å². The van der Waals surface area contributed by atoms with Crippen molar-refractivity contribution in [2.75, 3.05) is 19.9 Å². The first kappa shape index (κ1) is 41.3. The zero-order chi connectivity index (χ0) is 41.2. The molecule has 0 spiro atoms. The number of rotatable bonds is 12. The number of carbonyl (C=O) groups excluding carboxylic acids is 4. The standard InChI is InChI=1S/C44H61N3O11/c1-41(2,3)57-34(50)13-11-28(23-48)46-33(49)15-17-45-40(52)44-21-31-35-36(54-24-53-35)38(44)58-47(37(44)39(51)55-31)22-26-9-7-8-25(18-26)19-27-10-12-32-43(6,56-32)16-14-30-29(27)20-42(30,4)5/h7-9,18-19,28-32,35-38,48H,10-17,20-24H2,1-6H3,(H,45,52)(H,46,49)/t28-,29+,30+,31+,32?,35-,36-,37-,38+,43+,44-/m0/s1. The first-order valence-corrected chi connectivity index (χ1v) is 21.2. The Balaban J connectivity index is 0.955. The number of ether oxygens (including phenoxy) is 5. The van der Waals surface area contributed by atoms with Gasteiger partial charge in [0.1, 0.15) is 42.2 Å². The number of hydroxylamine groups is 2. The molecular weight excluding hydrogens is 746 g/mol. The lowest BCUT2D eigenvalue weighted by atomic mass is 9.52. The molecule has 1 unspecified atom stereocenters. The second kappa shape index (κ2) is 15.6. The van der Waals surface area contributed by atoms with E-state index in [9.17, 15) is 24.3 Å². The average molecular weight is 808 g/mol. The van der Waals surface area contributed by atoms with Crippen molar-refractivity contribution in [2.24, 2.45) is 22.7 Å². The van der Waals surface area contributed by atoms with Crippen molar-refractivity contribution in [3.63, 3.8) is 0 Å². The molecule has 2 bridgehead atoms. The Bertz CT molecular complexity index is 1810. The number of hydrogen-bond donors (Lipinski definition) is 3. The summed E-state index contributed by atoms with van der Waals surface area (Å²) in [7, 11) is 0. The monoisotopic (exact) mass is 807 g/mol. The third kappa shape index (κ3) is 7.97. The van der Waals surface area contributed by atoms with Crippen LogP contribution < -0.4 is 10.6 Å². The van der Waals surface area contributed by atoms with Crippen molar-refractivity contribution >= 4 is 29.8 Å². The van der Waals surface area contributed by atoms with Gasteiger partial charge in [-0.1, -0.05) is 49.8 Å². The van der Waals surface area contributed by atoms with Crippen molar-refractivity contribution in [3.8, 4) is 0 Å². The Labute approximate surface area is 341 Å². The lowest BCUT2D eigenvalue weighted by molar-refractivity contribution is -0.201. The summed E-state index contributed by atoms with van der Waals surface area (Å²) >= 11 is 0. The highest BCUT2D eigenvalue weighted by atomic mass is 16.8. The number of aliphatic hydroxyl groups is 1. The number of carbonyl (C=O) groups is 4. The van der Waals surface area contributed by atoms with Gasteiger partial charge < -0.3 is 39.4 Å². The van der Waals surface area contributed by atoms with Crippen molar-refractivity contribution in [3.05, 3.63) is 41.0 Å². The summed E-state index contributed by atoms with van der Waals surface area (Å²) in [6, 6.07) is 6.57. The molecule has 3 saturated carbocycles. The number of nitrogens with zero attached hydrogens (tertiary/aromatic N) is 1. The molecule has 14 heteroatoms. The Morgan fingerprint density at radius 2 is 1.88 bits per heavy atom. The van der Waals surface area contributed by atoms with Gasteiger partial charge in [-0.3, -0.25) is 24.0 Å². The SMILES string of the molecule is CC(C)(C)OC(=O)CC[C@@H](CO)NC(=O)CCNC(=O)[C@@]12C[C@H]3OC(=O)[C@@H]1N(Cc1cccc(C=C4CCC5O[C@]5(C)CC[C@@H]5[C@@H]4CC5(C)C)c1)O[C@@H]2[C@H]1OCO[C@H]13. The maximum absolute atomic E-state index is 14.4. The van der Waals surface area contributed by atoms with Crippen LogP contribution in [0.5, 0.6) is 0 Å². The second-order valence-electron chi connectivity index (χ2n) is 19.5. The van der Waals surface area contributed by atoms with Crippen LogP contribution in [0, 0.1) is 22.7 Å². The van der Waals surface area contributed by atoms with Gasteiger partial charge in [0.25, 0.3) is 0 Å². The fourth-order valence-electron chi connectivity index (χ4n) is 10.9. The van der Waals surface area contributed by atoms with Crippen molar-refractivity contribution < 1.29 is 52.8 Å². The Morgan fingerprint density at radius 3 is 2.64 bits per heavy atom. The molecule has 11 atom stereocenters. The highest BCUT2D eigenvalue weighted by molar-refractivity contribution is 5.94. The van der Waals surface area contributed by atoms with E-state index in [0.717, 1.165) is 30.4 Å². The van der Waals surface area contributed by atoms with Crippen LogP contribution in [0.4, 0.5) is 0 Å². The minimum Gasteiger partial charge on any atom is -0.460 e. The molecule has 3 aliphatic carbocycles. The molecule has 1 aromatic carbocycles. The Hall–Kier alpha value is -3.40. The molecule has 14 nitrogen and oxygen atoms in total. The summed E-state index contributed by atoms with van der Waals surface area (Å²) < 4.78 is 29.3. The number of benzene rings is 1. The van der Waals surface area contributed by atoms with Gasteiger partial charge in [0.15, 0.2) is 6.04 Å². The molecular formula is C44H61N3O11. The third-order valence-electron chi connectivity index (χ3n) is 13.9. The number of amides is 2. The molecule has 58 heavy (non-hydrogen) atoms. The van der Waals surface area contributed by atoms with Gasteiger partial charge in [0.05, 0.1) is 30.9 Å². The molecule has 4 heterocycles. The highest BCUT2D eigenvalue weighted by Gasteiger charge is 2.74. The van der Waals surface area contributed by atoms with Crippen LogP contribution >= 0.6 is 0 Å². The zero-order valence-corrected chi connectivity index (χ0v) is 34.8. The molecule has 3 N–H and O–H groups in total. The van der Waals surface area contributed by atoms with Gasteiger partial charge in [-0.2, -0.15) is 5.06 Å². The molecule has 2 amide bonds. The first-order valence-electron chi connectivity index (χ1n) is 21.2. The lowest BCUT2D eigenvalue weighted by Crippen LogP contribution is -2.69. The second-order valence-corrected chi connectivity index (χ2v) is 19.5. The normalized spacial score (nSPS) is 37.1. The van der Waals surface area contributed by atoms with Crippen molar-refractivity contribution in [1.29, 1.82) is 0 Å². The fourth-order valence-corrected chi connectivity index (χ4v) is 10.9. The first-order chi connectivity index (χ1) is 27.5. The van der Waals surface area contributed by atoms with Crippen LogP contribution in [0.15, 0.2) is 29.8 Å². The number of nitrogens with one attached hydrogen (secondary N) is 2. The molecule has 0 radical (unpaired) electrons. The van der Waals surface area contributed by atoms with Crippen LogP contribution in [0.3, 0.4) is 0 Å². The number of aliphatic hydroxyl groups excluding tert-OH is 1. The van der Waals surface area contributed by atoms with Gasteiger partial charge in [-0.05, 0) is 94.6 Å². The van der Waals surface area contributed by atoms with Gasteiger partial charge >= 0.3 is 11.9 Å². The molecule has 4 aliphatic heterocycles. The lowest BCUT2D eigenvalue weighted by Gasteiger charge is -2.53. The molecule has 8 rings (SSSR count). The van der Waals surface area contributed by atoms with Gasteiger partial charge in [-0.25, -0.2) is 0 Å². The van der Waals surface area contributed by atoms with E-state index in [4.69, 9.17) is 28.5 Å². The maximum atomic E-state index is 14.4. The highest BCUT2D eigenvalue weighted by Crippen LogP contribution is 2.60. The van der Waals surface area contributed by atoms with E-state index in [-0.39, 0.29) is 57.8 Å². The molecule has 318 valence electrons. The van der Waals surface area contributed by atoms with Crippen LogP contribution in [0.1, 0.15) is 110 Å². The van der Waals surface area contributed by atoms with Gasteiger partial charge in [-0.15, -0.1) is 0 Å².